The molecule has 2 rings (SSSR count). The maximum Gasteiger partial charge on any atom is 0.416 e. The number of benzene rings is 2. The standard InChI is InChI=1S/C16H16F3N3O4S/c1-20-14-8-7-13(9-15(14)22(23)24)27(25,26)21(2)10-11-3-5-12(6-4-11)16(17,18)19/h3-9,20H,10H2,1-2H3. The summed E-state index contributed by atoms with van der Waals surface area (Å²) in [6.07, 6.45) is -4.48. The van der Waals surface area contributed by atoms with Crippen LogP contribution < -0.4 is 5.32 Å². The third-order valence-electron chi connectivity index (χ3n) is 3.83. The number of anilines is 1. The van der Waals surface area contributed by atoms with E-state index in [9.17, 15) is 31.7 Å². The van der Waals surface area contributed by atoms with Crippen molar-refractivity contribution >= 4 is 21.4 Å². The van der Waals surface area contributed by atoms with Gasteiger partial charge in [-0.1, -0.05) is 12.1 Å². The molecule has 0 spiro atoms. The lowest BCUT2D eigenvalue weighted by Gasteiger charge is -2.18. The fourth-order valence-electron chi connectivity index (χ4n) is 2.36. The summed E-state index contributed by atoms with van der Waals surface area (Å²) in [6.45, 7) is -0.192. The molecule has 1 N–H and O–H groups in total. The van der Waals surface area contributed by atoms with E-state index in [1.54, 1.807) is 0 Å². The minimum Gasteiger partial charge on any atom is -0.383 e. The summed E-state index contributed by atoms with van der Waals surface area (Å²) >= 11 is 0. The quantitative estimate of drug-likeness (QED) is 0.589. The van der Waals surface area contributed by atoms with E-state index in [4.69, 9.17) is 0 Å². The van der Waals surface area contributed by atoms with E-state index in [0.29, 0.717) is 5.56 Å². The number of rotatable bonds is 6. The van der Waals surface area contributed by atoms with Gasteiger partial charge in [0.2, 0.25) is 10.0 Å². The fraction of sp³-hybridized carbons (Fsp3) is 0.250. The molecule has 11 heteroatoms. The van der Waals surface area contributed by atoms with Gasteiger partial charge in [-0.2, -0.15) is 17.5 Å². The summed E-state index contributed by atoms with van der Waals surface area (Å²) in [7, 11) is -1.37. The van der Waals surface area contributed by atoms with Gasteiger partial charge >= 0.3 is 6.18 Å². The molecule has 0 aliphatic heterocycles. The third-order valence-corrected chi connectivity index (χ3v) is 5.63. The molecule has 7 nitrogen and oxygen atoms in total. The first-order chi connectivity index (χ1) is 12.5. The van der Waals surface area contributed by atoms with Crippen LogP contribution in [0.1, 0.15) is 11.1 Å². The molecule has 0 unspecified atom stereocenters. The first-order valence-electron chi connectivity index (χ1n) is 7.55. The summed E-state index contributed by atoms with van der Waals surface area (Å²) in [5, 5.41) is 13.7. The van der Waals surface area contributed by atoms with Crippen molar-refractivity contribution in [2.75, 3.05) is 19.4 Å². The maximum atomic E-state index is 12.6. The van der Waals surface area contributed by atoms with Crippen LogP contribution in [0.25, 0.3) is 0 Å². The Labute approximate surface area is 153 Å². The average Bonchev–Trinajstić information content (AvgIpc) is 2.60. The van der Waals surface area contributed by atoms with E-state index in [0.717, 1.165) is 22.5 Å². The summed E-state index contributed by atoms with van der Waals surface area (Å²) in [4.78, 5) is 10.1. The molecule has 2 aromatic carbocycles. The SMILES string of the molecule is CNc1ccc(S(=O)(=O)N(C)Cc2ccc(C(F)(F)F)cc2)cc1[N+](=O)[O-]. The van der Waals surface area contributed by atoms with Gasteiger partial charge in [0.05, 0.1) is 15.4 Å². The molecular formula is C16H16F3N3O4S. The predicted octanol–water partition coefficient (Wildman–Crippen LogP) is 3.48. The lowest BCUT2D eigenvalue weighted by molar-refractivity contribution is -0.384. The molecule has 0 amide bonds. The summed E-state index contributed by atoms with van der Waals surface area (Å²) in [6, 6.07) is 7.52. The van der Waals surface area contributed by atoms with Gasteiger partial charge in [0.1, 0.15) is 5.69 Å². The molecule has 2 aromatic rings. The number of hydrogen-bond acceptors (Lipinski definition) is 5. The Kier molecular flexibility index (Phi) is 5.76. The number of nitrogens with one attached hydrogen (secondary N) is 1. The van der Waals surface area contributed by atoms with Crippen molar-refractivity contribution < 1.29 is 26.5 Å². The van der Waals surface area contributed by atoms with Crippen LogP contribution >= 0.6 is 0 Å². The third kappa shape index (κ3) is 4.55. The van der Waals surface area contributed by atoms with E-state index in [-0.39, 0.29) is 17.1 Å². The molecule has 0 aliphatic rings. The van der Waals surface area contributed by atoms with E-state index < -0.39 is 32.4 Å². The highest BCUT2D eigenvalue weighted by Gasteiger charge is 2.30. The van der Waals surface area contributed by atoms with Crippen LogP contribution in [0, 0.1) is 10.1 Å². The Morgan fingerprint density at radius 2 is 1.74 bits per heavy atom. The molecule has 0 aliphatic carbocycles. The Morgan fingerprint density at radius 1 is 1.15 bits per heavy atom. The Morgan fingerprint density at radius 3 is 2.22 bits per heavy atom. The molecule has 0 bridgehead atoms. The van der Waals surface area contributed by atoms with Crippen molar-refractivity contribution in [1.82, 2.24) is 4.31 Å². The van der Waals surface area contributed by atoms with Crippen molar-refractivity contribution in [3.05, 3.63) is 63.7 Å². The topological polar surface area (TPSA) is 92.6 Å². The Hall–Kier alpha value is -2.66. The van der Waals surface area contributed by atoms with Gasteiger partial charge in [-0.15, -0.1) is 0 Å². The lowest BCUT2D eigenvalue weighted by Crippen LogP contribution is -2.26. The van der Waals surface area contributed by atoms with E-state index in [1.807, 2.05) is 0 Å². The monoisotopic (exact) mass is 403 g/mol. The van der Waals surface area contributed by atoms with Crippen LogP contribution in [-0.2, 0) is 22.7 Å². The first-order valence-corrected chi connectivity index (χ1v) is 8.99. The second-order valence-electron chi connectivity index (χ2n) is 5.64. The van der Waals surface area contributed by atoms with Crippen LogP contribution in [-0.4, -0.2) is 31.7 Å². The fourth-order valence-corrected chi connectivity index (χ4v) is 3.54. The summed E-state index contributed by atoms with van der Waals surface area (Å²) in [5.41, 5.74) is -0.740. The number of sulfonamides is 1. The molecule has 27 heavy (non-hydrogen) atoms. The van der Waals surface area contributed by atoms with Gasteiger partial charge in [0.15, 0.2) is 0 Å². The van der Waals surface area contributed by atoms with Crippen LogP contribution in [0.5, 0.6) is 0 Å². The zero-order valence-corrected chi connectivity index (χ0v) is 15.1. The van der Waals surface area contributed by atoms with Crippen LogP contribution in [0.15, 0.2) is 47.4 Å². The summed E-state index contributed by atoms with van der Waals surface area (Å²) < 4.78 is 64.0. The molecule has 0 heterocycles. The van der Waals surface area contributed by atoms with Crippen molar-refractivity contribution in [1.29, 1.82) is 0 Å². The smallest absolute Gasteiger partial charge is 0.383 e. The normalized spacial score (nSPS) is 12.2. The zero-order valence-electron chi connectivity index (χ0n) is 14.3. The van der Waals surface area contributed by atoms with Crippen molar-refractivity contribution in [3.63, 3.8) is 0 Å². The highest BCUT2D eigenvalue weighted by Crippen LogP contribution is 2.30. The zero-order chi connectivity index (χ0) is 20.4. The van der Waals surface area contributed by atoms with Crippen LogP contribution in [0.4, 0.5) is 24.5 Å². The van der Waals surface area contributed by atoms with Gasteiger partial charge in [0.25, 0.3) is 5.69 Å². The molecule has 0 fully saturated rings. The van der Waals surface area contributed by atoms with Crippen LogP contribution in [0.2, 0.25) is 0 Å². The molecule has 0 saturated carbocycles. The number of halogens is 3. The highest BCUT2D eigenvalue weighted by atomic mass is 32.2. The van der Waals surface area contributed by atoms with Gasteiger partial charge in [-0.3, -0.25) is 10.1 Å². The molecule has 0 radical (unpaired) electrons. The van der Waals surface area contributed by atoms with Gasteiger partial charge in [-0.05, 0) is 29.8 Å². The molecule has 0 saturated heterocycles. The lowest BCUT2D eigenvalue weighted by atomic mass is 10.1. The average molecular weight is 403 g/mol. The number of nitro benzene ring substituents is 1. The van der Waals surface area contributed by atoms with E-state index in [2.05, 4.69) is 5.32 Å². The second kappa shape index (κ2) is 7.53. The highest BCUT2D eigenvalue weighted by molar-refractivity contribution is 7.89. The van der Waals surface area contributed by atoms with Crippen LogP contribution in [0.3, 0.4) is 0 Å². The molecular weight excluding hydrogens is 387 g/mol. The Balaban J connectivity index is 2.28. The molecule has 0 aromatic heterocycles. The maximum absolute atomic E-state index is 12.6. The van der Waals surface area contributed by atoms with Crippen molar-refractivity contribution in [2.45, 2.75) is 17.6 Å². The summed E-state index contributed by atoms with van der Waals surface area (Å²) in [5.74, 6) is 0. The Bertz CT molecular complexity index is 944. The second-order valence-corrected chi connectivity index (χ2v) is 7.69. The van der Waals surface area contributed by atoms with Gasteiger partial charge in [-0.25, -0.2) is 8.42 Å². The number of nitro groups is 1. The number of hydrogen-bond donors (Lipinski definition) is 1. The molecule has 146 valence electrons. The van der Waals surface area contributed by atoms with Crippen molar-refractivity contribution in [3.8, 4) is 0 Å². The minimum atomic E-state index is -4.48. The van der Waals surface area contributed by atoms with E-state index in [1.165, 1.54) is 38.4 Å². The number of alkyl halides is 3. The van der Waals surface area contributed by atoms with E-state index >= 15 is 0 Å². The van der Waals surface area contributed by atoms with Gasteiger partial charge < -0.3 is 5.32 Å². The predicted molar refractivity (Wildman–Crippen MR) is 92.7 cm³/mol. The first kappa shape index (κ1) is 20.6. The largest absolute Gasteiger partial charge is 0.416 e. The number of nitrogens with zero attached hydrogens (tertiary/aromatic N) is 2. The van der Waals surface area contributed by atoms with Gasteiger partial charge in [0, 0.05) is 26.7 Å². The minimum absolute atomic E-state index is 0.157. The van der Waals surface area contributed by atoms with Crippen molar-refractivity contribution in [2.24, 2.45) is 0 Å². The molecule has 0 atom stereocenters.